The van der Waals surface area contributed by atoms with Crippen LogP contribution in [0, 0.1) is 19.3 Å². The summed E-state index contributed by atoms with van der Waals surface area (Å²) in [6.07, 6.45) is 1.36. The first-order chi connectivity index (χ1) is 6.36. The van der Waals surface area contributed by atoms with Crippen LogP contribution in [0.3, 0.4) is 0 Å². The van der Waals surface area contributed by atoms with E-state index in [0.717, 1.165) is 17.0 Å². The van der Waals surface area contributed by atoms with Gasteiger partial charge in [0, 0.05) is 28.6 Å². The molecule has 0 saturated carbocycles. The van der Waals surface area contributed by atoms with Crippen molar-refractivity contribution in [2.45, 2.75) is 40.0 Å². The predicted octanol–water partition coefficient (Wildman–Crippen LogP) is 2.99. The molecule has 0 unspecified atom stereocenters. The summed E-state index contributed by atoms with van der Waals surface area (Å²) in [5.41, 5.74) is 4.23. The third-order valence-corrected chi connectivity index (χ3v) is 2.31. The molecule has 1 heterocycles. The van der Waals surface area contributed by atoms with Crippen LogP contribution < -0.4 is 0 Å². The first-order valence-corrected chi connectivity index (χ1v) is 4.85. The van der Waals surface area contributed by atoms with Gasteiger partial charge >= 0.3 is 0 Å². The minimum Gasteiger partial charge on any atom is -0.308 e. The highest BCUT2D eigenvalue weighted by Crippen LogP contribution is 2.24. The van der Waals surface area contributed by atoms with E-state index in [2.05, 4.69) is 32.7 Å². The van der Waals surface area contributed by atoms with E-state index in [0.29, 0.717) is 0 Å². The second-order valence-electron chi connectivity index (χ2n) is 4.72. The van der Waals surface area contributed by atoms with Crippen molar-refractivity contribution >= 4 is 6.21 Å². The topological polar surface area (TPSA) is 36.7 Å². The van der Waals surface area contributed by atoms with Crippen molar-refractivity contribution in [2.24, 2.45) is 0 Å². The van der Waals surface area contributed by atoms with Crippen LogP contribution in [0.4, 0.5) is 0 Å². The smallest absolute Gasteiger partial charge is 0.0489 e. The lowest BCUT2D eigenvalue weighted by Gasteiger charge is -2.21. The van der Waals surface area contributed by atoms with Crippen LogP contribution in [0.25, 0.3) is 0 Å². The average molecular weight is 190 g/mol. The molecule has 1 aromatic heterocycles. The maximum Gasteiger partial charge on any atom is 0.0489 e. The zero-order chi connectivity index (χ0) is 10.9. The fourth-order valence-electron chi connectivity index (χ4n) is 1.63. The fourth-order valence-corrected chi connectivity index (χ4v) is 1.63. The summed E-state index contributed by atoms with van der Waals surface area (Å²) in [5.74, 6) is 0. The minimum atomic E-state index is 0.0788. The molecule has 0 aliphatic rings. The van der Waals surface area contributed by atoms with Gasteiger partial charge in [0.2, 0.25) is 0 Å². The van der Waals surface area contributed by atoms with Crippen molar-refractivity contribution in [1.82, 2.24) is 4.98 Å². The van der Waals surface area contributed by atoms with Gasteiger partial charge in [-0.25, -0.2) is 0 Å². The van der Waals surface area contributed by atoms with Crippen molar-refractivity contribution in [2.75, 3.05) is 0 Å². The molecule has 0 saturated heterocycles. The van der Waals surface area contributed by atoms with Crippen LogP contribution in [0.2, 0.25) is 0 Å². The van der Waals surface area contributed by atoms with Gasteiger partial charge in [-0.3, -0.25) is 4.98 Å². The Morgan fingerprint density at radius 2 is 1.86 bits per heavy atom. The summed E-state index contributed by atoms with van der Waals surface area (Å²) in [7, 11) is 0. The Kier molecular flexibility index (Phi) is 2.74. The van der Waals surface area contributed by atoms with E-state index in [1.54, 1.807) is 0 Å². The number of nitrogens with zero attached hydrogens (tertiary/aromatic N) is 1. The molecule has 0 radical (unpaired) electrons. The summed E-state index contributed by atoms with van der Waals surface area (Å²) in [6, 6.07) is 2.04. The Labute approximate surface area is 85.9 Å². The number of hydrogen-bond acceptors (Lipinski definition) is 2. The first-order valence-electron chi connectivity index (χ1n) is 4.85. The van der Waals surface area contributed by atoms with E-state index in [1.165, 1.54) is 11.8 Å². The lowest BCUT2D eigenvalue weighted by Crippen LogP contribution is -2.16. The Morgan fingerprint density at radius 1 is 1.29 bits per heavy atom. The molecular formula is C12H18N2. The number of rotatable bonds is 1. The van der Waals surface area contributed by atoms with Crippen molar-refractivity contribution in [3.8, 4) is 0 Å². The highest BCUT2D eigenvalue weighted by atomic mass is 14.7. The number of hydrogen-bond donors (Lipinski definition) is 1. The van der Waals surface area contributed by atoms with Crippen LogP contribution in [0.15, 0.2) is 6.07 Å². The van der Waals surface area contributed by atoms with Crippen LogP contribution in [0.1, 0.15) is 43.3 Å². The lowest BCUT2D eigenvalue weighted by molar-refractivity contribution is 0.562. The Hall–Kier alpha value is -1.18. The van der Waals surface area contributed by atoms with Gasteiger partial charge in [-0.1, -0.05) is 20.8 Å². The Morgan fingerprint density at radius 3 is 2.29 bits per heavy atom. The van der Waals surface area contributed by atoms with E-state index >= 15 is 0 Å². The summed E-state index contributed by atoms with van der Waals surface area (Å²) >= 11 is 0. The van der Waals surface area contributed by atoms with E-state index < -0.39 is 0 Å². The molecule has 0 aromatic carbocycles. The molecule has 2 nitrogen and oxygen atoms in total. The SMILES string of the molecule is Cc1cc(C=N)c(C)nc1C(C)(C)C. The fraction of sp³-hybridized carbons (Fsp3) is 0.500. The molecule has 0 aliphatic heterocycles. The zero-order valence-corrected chi connectivity index (χ0v) is 9.60. The van der Waals surface area contributed by atoms with Gasteiger partial charge in [-0.15, -0.1) is 0 Å². The van der Waals surface area contributed by atoms with Gasteiger partial charge in [-0.2, -0.15) is 0 Å². The molecule has 14 heavy (non-hydrogen) atoms. The van der Waals surface area contributed by atoms with Gasteiger partial charge in [-0.05, 0) is 25.5 Å². The third-order valence-electron chi connectivity index (χ3n) is 2.31. The van der Waals surface area contributed by atoms with Gasteiger partial charge in [0.15, 0.2) is 0 Å². The first kappa shape index (κ1) is 10.9. The largest absolute Gasteiger partial charge is 0.308 e. The molecule has 0 spiro atoms. The summed E-state index contributed by atoms with van der Waals surface area (Å²) < 4.78 is 0. The molecular weight excluding hydrogens is 172 g/mol. The summed E-state index contributed by atoms with van der Waals surface area (Å²) in [6.45, 7) is 10.5. The summed E-state index contributed by atoms with van der Waals surface area (Å²) in [4.78, 5) is 4.56. The van der Waals surface area contributed by atoms with Gasteiger partial charge in [0.25, 0.3) is 0 Å². The van der Waals surface area contributed by atoms with Crippen molar-refractivity contribution < 1.29 is 0 Å². The van der Waals surface area contributed by atoms with Crippen LogP contribution in [-0.2, 0) is 5.41 Å². The molecule has 0 amide bonds. The highest BCUT2D eigenvalue weighted by Gasteiger charge is 2.18. The van der Waals surface area contributed by atoms with Crippen LogP contribution in [-0.4, -0.2) is 11.2 Å². The Bertz CT molecular complexity index is 359. The predicted molar refractivity (Wildman–Crippen MR) is 60.3 cm³/mol. The summed E-state index contributed by atoms with van der Waals surface area (Å²) in [5, 5.41) is 7.24. The molecule has 0 fully saturated rings. The second kappa shape index (κ2) is 3.52. The molecule has 0 bridgehead atoms. The standard InChI is InChI=1S/C12H18N2/c1-8-6-10(7-13)9(2)14-11(8)12(3,4)5/h6-7,13H,1-5H3. The van der Waals surface area contributed by atoms with Crippen LogP contribution >= 0.6 is 0 Å². The second-order valence-corrected chi connectivity index (χ2v) is 4.72. The molecule has 1 aromatic rings. The minimum absolute atomic E-state index is 0.0788. The number of pyridine rings is 1. The lowest BCUT2D eigenvalue weighted by atomic mass is 9.88. The van der Waals surface area contributed by atoms with Crippen LogP contribution in [0.5, 0.6) is 0 Å². The number of nitrogens with one attached hydrogen (secondary N) is 1. The molecule has 0 aliphatic carbocycles. The normalized spacial score (nSPS) is 11.5. The van der Waals surface area contributed by atoms with Crippen molar-refractivity contribution in [1.29, 1.82) is 5.41 Å². The molecule has 76 valence electrons. The molecule has 0 atom stereocenters. The van der Waals surface area contributed by atoms with Crippen molar-refractivity contribution in [3.63, 3.8) is 0 Å². The zero-order valence-electron chi connectivity index (χ0n) is 9.60. The monoisotopic (exact) mass is 190 g/mol. The maximum absolute atomic E-state index is 7.24. The quantitative estimate of drug-likeness (QED) is 0.679. The van der Waals surface area contributed by atoms with E-state index in [9.17, 15) is 0 Å². The highest BCUT2D eigenvalue weighted by molar-refractivity contribution is 5.78. The van der Waals surface area contributed by atoms with E-state index in [1.807, 2.05) is 13.0 Å². The van der Waals surface area contributed by atoms with E-state index in [-0.39, 0.29) is 5.41 Å². The van der Waals surface area contributed by atoms with Gasteiger partial charge in [0.05, 0.1) is 0 Å². The molecule has 1 rings (SSSR count). The molecule has 1 N–H and O–H groups in total. The average Bonchev–Trinajstić information content (AvgIpc) is 2.06. The van der Waals surface area contributed by atoms with Gasteiger partial charge in [0.1, 0.15) is 0 Å². The molecule has 2 heteroatoms. The van der Waals surface area contributed by atoms with Crippen molar-refractivity contribution in [3.05, 3.63) is 28.6 Å². The van der Waals surface area contributed by atoms with E-state index in [4.69, 9.17) is 5.41 Å². The van der Waals surface area contributed by atoms with Gasteiger partial charge < -0.3 is 5.41 Å². The number of aryl methyl sites for hydroxylation is 2. The number of aromatic nitrogens is 1. The maximum atomic E-state index is 7.24. The third kappa shape index (κ3) is 2.00. The Balaban J connectivity index is 3.36.